The van der Waals surface area contributed by atoms with Crippen LogP contribution in [0.4, 0.5) is 0 Å². The van der Waals surface area contributed by atoms with Crippen molar-refractivity contribution in [3.05, 3.63) is 11.5 Å². The van der Waals surface area contributed by atoms with Crippen LogP contribution < -0.4 is 0 Å². The van der Waals surface area contributed by atoms with Crippen molar-refractivity contribution in [1.29, 1.82) is 0 Å². The lowest BCUT2D eigenvalue weighted by molar-refractivity contribution is 0.0605. The van der Waals surface area contributed by atoms with Crippen molar-refractivity contribution in [2.24, 2.45) is 0 Å². The molecule has 0 spiro atoms. The van der Waals surface area contributed by atoms with Gasteiger partial charge in [-0.25, -0.2) is 0 Å². The summed E-state index contributed by atoms with van der Waals surface area (Å²) in [4.78, 5) is 2.25. The van der Waals surface area contributed by atoms with Crippen LogP contribution in [0.2, 0.25) is 0 Å². The zero-order valence-corrected chi connectivity index (χ0v) is 7.14. The first-order valence-corrected chi connectivity index (χ1v) is 3.77. The molecule has 2 heteroatoms. The molecule has 1 aliphatic heterocycles. The summed E-state index contributed by atoms with van der Waals surface area (Å²) in [7, 11) is 0. The fourth-order valence-electron chi connectivity index (χ4n) is 1.37. The second-order valence-electron chi connectivity index (χ2n) is 2.64. The Labute approximate surface area is 62.5 Å². The van der Waals surface area contributed by atoms with E-state index in [9.17, 15) is 0 Å². The molecule has 0 bridgehead atoms. The first-order valence-electron chi connectivity index (χ1n) is 3.77. The van der Waals surface area contributed by atoms with Crippen molar-refractivity contribution < 1.29 is 4.74 Å². The molecule has 0 aromatic carbocycles. The quantitative estimate of drug-likeness (QED) is 0.553. The Hall–Kier alpha value is -0.660. The molecule has 1 rings (SSSR count). The minimum absolute atomic E-state index is 0.241. The van der Waals surface area contributed by atoms with Gasteiger partial charge >= 0.3 is 0 Å². The summed E-state index contributed by atoms with van der Waals surface area (Å²) in [5.74, 6) is 1.06. The van der Waals surface area contributed by atoms with E-state index in [1.54, 1.807) is 0 Å². The van der Waals surface area contributed by atoms with Gasteiger partial charge in [-0.2, -0.15) is 0 Å². The van der Waals surface area contributed by atoms with Crippen LogP contribution in [0.1, 0.15) is 27.7 Å². The Kier molecular flexibility index (Phi) is 1.88. The van der Waals surface area contributed by atoms with Crippen LogP contribution in [0.15, 0.2) is 11.5 Å². The van der Waals surface area contributed by atoms with Crippen molar-refractivity contribution in [1.82, 2.24) is 4.90 Å². The van der Waals surface area contributed by atoms with E-state index in [1.807, 2.05) is 6.92 Å². The van der Waals surface area contributed by atoms with E-state index >= 15 is 0 Å². The highest BCUT2D eigenvalue weighted by molar-refractivity contribution is 5.07. The third-order valence-electron chi connectivity index (χ3n) is 2.07. The summed E-state index contributed by atoms with van der Waals surface area (Å²) in [5.41, 5.74) is 1.27. The highest BCUT2D eigenvalue weighted by atomic mass is 16.5. The summed E-state index contributed by atoms with van der Waals surface area (Å²) in [6.45, 7) is 9.36. The average molecular weight is 141 g/mol. The molecule has 0 aliphatic carbocycles. The Balaban J connectivity index is 2.72. The maximum absolute atomic E-state index is 5.48. The molecular formula is C8H15NO. The average Bonchev–Trinajstić information content (AvgIpc) is 2.09. The zero-order chi connectivity index (χ0) is 7.72. The summed E-state index contributed by atoms with van der Waals surface area (Å²) < 4.78 is 5.48. The standard InChI is InChI=1S/C8H15NO/c1-5-9-6(2)7(3)10-8(9)4/h8H,5H2,1-4H3. The van der Waals surface area contributed by atoms with Crippen molar-refractivity contribution in [2.45, 2.75) is 33.9 Å². The van der Waals surface area contributed by atoms with Gasteiger partial charge in [0.15, 0.2) is 6.23 Å². The van der Waals surface area contributed by atoms with Crippen LogP contribution in [0, 0.1) is 0 Å². The lowest BCUT2D eigenvalue weighted by Crippen LogP contribution is -2.26. The lowest BCUT2D eigenvalue weighted by atomic mass is 10.4. The minimum atomic E-state index is 0.241. The second-order valence-corrected chi connectivity index (χ2v) is 2.64. The van der Waals surface area contributed by atoms with Crippen LogP contribution in [-0.4, -0.2) is 17.7 Å². The van der Waals surface area contributed by atoms with Gasteiger partial charge in [-0.15, -0.1) is 0 Å². The highest BCUT2D eigenvalue weighted by Gasteiger charge is 2.22. The zero-order valence-electron chi connectivity index (χ0n) is 7.14. The van der Waals surface area contributed by atoms with Gasteiger partial charge in [0.05, 0.1) is 5.70 Å². The molecule has 1 atom stereocenters. The van der Waals surface area contributed by atoms with Crippen molar-refractivity contribution in [3.8, 4) is 0 Å². The Bertz CT molecular complexity index is 163. The Morgan fingerprint density at radius 1 is 1.50 bits per heavy atom. The van der Waals surface area contributed by atoms with Gasteiger partial charge < -0.3 is 9.64 Å². The topological polar surface area (TPSA) is 12.5 Å². The molecule has 1 heterocycles. The van der Waals surface area contributed by atoms with Gasteiger partial charge in [0.1, 0.15) is 5.76 Å². The molecule has 0 fully saturated rings. The van der Waals surface area contributed by atoms with E-state index in [4.69, 9.17) is 4.74 Å². The van der Waals surface area contributed by atoms with E-state index in [1.165, 1.54) is 5.70 Å². The summed E-state index contributed by atoms with van der Waals surface area (Å²) >= 11 is 0. The molecule has 0 radical (unpaired) electrons. The molecule has 0 amide bonds. The third-order valence-corrected chi connectivity index (χ3v) is 2.07. The molecule has 0 saturated heterocycles. The van der Waals surface area contributed by atoms with Gasteiger partial charge in [0.2, 0.25) is 0 Å². The molecule has 2 nitrogen and oxygen atoms in total. The van der Waals surface area contributed by atoms with Crippen LogP contribution >= 0.6 is 0 Å². The van der Waals surface area contributed by atoms with Crippen molar-refractivity contribution in [2.75, 3.05) is 6.54 Å². The number of allylic oxidation sites excluding steroid dienone is 2. The molecule has 58 valence electrons. The van der Waals surface area contributed by atoms with E-state index < -0.39 is 0 Å². The monoisotopic (exact) mass is 141 g/mol. The molecule has 1 aliphatic rings. The largest absolute Gasteiger partial charge is 0.474 e. The van der Waals surface area contributed by atoms with Crippen LogP contribution in [0.5, 0.6) is 0 Å². The molecule has 1 unspecified atom stereocenters. The lowest BCUT2D eigenvalue weighted by Gasteiger charge is -2.21. The number of ether oxygens (including phenoxy) is 1. The first kappa shape index (κ1) is 7.45. The molecular weight excluding hydrogens is 126 g/mol. The second kappa shape index (κ2) is 2.52. The van der Waals surface area contributed by atoms with Crippen molar-refractivity contribution >= 4 is 0 Å². The minimum Gasteiger partial charge on any atom is -0.474 e. The Morgan fingerprint density at radius 2 is 2.10 bits per heavy atom. The number of nitrogens with zero attached hydrogens (tertiary/aromatic N) is 1. The SMILES string of the molecule is CCN1C(C)=C(C)OC1C. The van der Waals surface area contributed by atoms with Crippen LogP contribution in [0.3, 0.4) is 0 Å². The molecule has 0 N–H and O–H groups in total. The predicted molar refractivity (Wildman–Crippen MR) is 41.3 cm³/mol. The van der Waals surface area contributed by atoms with Crippen molar-refractivity contribution in [3.63, 3.8) is 0 Å². The summed E-state index contributed by atoms with van der Waals surface area (Å²) in [5, 5.41) is 0. The molecule has 10 heavy (non-hydrogen) atoms. The molecule has 0 saturated carbocycles. The predicted octanol–water partition coefficient (Wildman–Crippen LogP) is 1.94. The van der Waals surface area contributed by atoms with E-state index in [-0.39, 0.29) is 6.23 Å². The van der Waals surface area contributed by atoms with Gasteiger partial charge in [0.25, 0.3) is 0 Å². The highest BCUT2D eigenvalue weighted by Crippen LogP contribution is 2.23. The number of rotatable bonds is 1. The van der Waals surface area contributed by atoms with Crippen LogP contribution in [-0.2, 0) is 4.74 Å². The number of hydrogen-bond donors (Lipinski definition) is 0. The molecule has 0 aromatic heterocycles. The maximum atomic E-state index is 5.48. The fraction of sp³-hybridized carbons (Fsp3) is 0.750. The maximum Gasteiger partial charge on any atom is 0.168 e. The third kappa shape index (κ3) is 0.981. The van der Waals surface area contributed by atoms with Gasteiger partial charge in [-0.3, -0.25) is 0 Å². The van der Waals surface area contributed by atoms with Gasteiger partial charge in [-0.1, -0.05) is 0 Å². The number of hydrogen-bond acceptors (Lipinski definition) is 2. The fourth-order valence-corrected chi connectivity index (χ4v) is 1.37. The molecule has 0 aromatic rings. The first-order chi connectivity index (χ1) is 4.66. The van der Waals surface area contributed by atoms with E-state index in [2.05, 4.69) is 25.7 Å². The van der Waals surface area contributed by atoms with E-state index in [0.717, 1.165) is 12.3 Å². The Morgan fingerprint density at radius 3 is 2.30 bits per heavy atom. The van der Waals surface area contributed by atoms with E-state index in [0.29, 0.717) is 0 Å². The normalized spacial score (nSPS) is 25.6. The van der Waals surface area contributed by atoms with Gasteiger partial charge in [0, 0.05) is 6.54 Å². The smallest absolute Gasteiger partial charge is 0.168 e. The summed E-state index contributed by atoms with van der Waals surface area (Å²) in [6, 6.07) is 0. The van der Waals surface area contributed by atoms with Crippen LogP contribution in [0.25, 0.3) is 0 Å². The van der Waals surface area contributed by atoms with Gasteiger partial charge in [-0.05, 0) is 27.7 Å². The summed E-state index contributed by atoms with van der Waals surface area (Å²) in [6.07, 6.45) is 0.241.